The Balaban J connectivity index is 3.36. The van der Waals surface area contributed by atoms with Crippen LogP contribution >= 0.6 is 0 Å². The first-order valence-electron chi connectivity index (χ1n) is 2.33. The Morgan fingerprint density at radius 3 is 2.20 bits per heavy atom. The zero-order chi connectivity index (χ0) is 8.20. The molecule has 0 aliphatic heterocycles. The third-order valence-electron chi connectivity index (χ3n) is 0.634. The quantitative estimate of drug-likeness (QED) is 0.585. The SMILES string of the molecule is COC(F)COC(F)(F)F. The second kappa shape index (κ2) is 3.72. The summed E-state index contributed by atoms with van der Waals surface area (Å²) in [5.41, 5.74) is 0. The molecule has 0 fully saturated rings. The molecule has 0 aromatic rings. The normalized spacial score (nSPS) is 15.3. The molecule has 0 heterocycles. The molecule has 0 aromatic heterocycles. The molecule has 0 saturated heterocycles. The van der Waals surface area contributed by atoms with Crippen LogP contribution in [-0.4, -0.2) is 26.4 Å². The zero-order valence-electron chi connectivity index (χ0n) is 5.11. The number of methoxy groups -OCH3 is 1. The zero-order valence-corrected chi connectivity index (χ0v) is 5.11. The summed E-state index contributed by atoms with van der Waals surface area (Å²) in [4.78, 5) is 0. The first-order valence-corrected chi connectivity index (χ1v) is 2.33. The molecule has 0 radical (unpaired) electrons. The highest BCUT2D eigenvalue weighted by Crippen LogP contribution is 2.16. The van der Waals surface area contributed by atoms with Crippen LogP contribution in [0.5, 0.6) is 0 Å². The molecule has 6 heteroatoms. The summed E-state index contributed by atoms with van der Waals surface area (Å²) in [6, 6.07) is 0. The van der Waals surface area contributed by atoms with Crippen LogP contribution in [0.1, 0.15) is 0 Å². The van der Waals surface area contributed by atoms with Gasteiger partial charge in [0.15, 0.2) is 0 Å². The van der Waals surface area contributed by atoms with Gasteiger partial charge in [0.05, 0.1) is 0 Å². The Bertz CT molecular complexity index is 91.7. The van der Waals surface area contributed by atoms with Crippen molar-refractivity contribution in [3.63, 3.8) is 0 Å². The van der Waals surface area contributed by atoms with E-state index in [9.17, 15) is 17.6 Å². The van der Waals surface area contributed by atoms with Crippen LogP contribution in [0.2, 0.25) is 0 Å². The van der Waals surface area contributed by atoms with Crippen LogP contribution in [0.3, 0.4) is 0 Å². The largest absolute Gasteiger partial charge is 0.522 e. The number of halogens is 4. The monoisotopic (exact) mass is 162 g/mol. The summed E-state index contributed by atoms with van der Waals surface area (Å²) in [5.74, 6) is 0. The lowest BCUT2D eigenvalue weighted by molar-refractivity contribution is -0.336. The van der Waals surface area contributed by atoms with Crippen molar-refractivity contribution in [1.82, 2.24) is 0 Å². The maximum absolute atomic E-state index is 11.8. The first-order chi connectivity index (χ1) is 4.45. The summed E-state index contributed by atoms with van der Waals surface area (Å²) >= 11 is 0. The maximum atomic E-state index is 11.8. The Hall–Kier alpha value is -0.360. The van der Waals surface area contributed by atoms with Gasteiger partial charge < -0.3 is 4.74 Å². The molecule has 0 bridgehead atoms. The van der Waals surface area contributed by atoms with Gasteiger partial charge in [-0.25, -0.2) is 4.39 Å². The third kappa shape index (κ3) is 5.77. The van der Waals surface area contributed by atoms with Crippen LogP contribution in [0.15, 0.2) is 0 Å². The summed E-state index contributed by atoms with van der Waals surface area (Å²) in [6.45, 7) is -1.12. The Morgan fingerprint density at radius 2 is 1.90 bits per heavy atom. The van der Waals surface area contributed by atoms with Crippen LogP contribution in [-0.2, 0) is 9.47 Å². The molecule has 10 heavy (non-hydrogen) atoms. The Morgan fingerprint density at radius 1 is 1.40 bits per heavy atom. The van der Waals surface area contributed by atoms with E-state index in [1.807, 2.05) is 0 Å². The molecule has 0 spiro atoms. The summed E-state index contributed by atoms with van der Waals surface area (Å²) in [7, 11) is 0.949. The third-order valence-corrected chi connectivity index (χ3v) is 0.634. The van der Waals surface area contributed by atoms with Gasteiger partial charge in [-0.1, -0.05) is 0 Å². The van der Waals surface area contributed by atoms with Crippen LogP contribution in [0, 0.1) is 0 Å². The number of hydrogen-bond acceptors (Lipinski definition) is 2. The first kappa shape index (κ1) is 9.64. The van der Waals surface area contributed by atoms with E-state index in [2.05, 4.69) is 9.47 Å². The Labute approximate surface area is 54.7 Å². The minimum Gasteiger partial charge on any atom is -0.350 e. The summed E-state index contributed by atoms with van der Waals surface area (Å²) in [6.07, 6.45) is -6.82. The Kier molecular flexibility index (Phi) is 3.59. The van der Waals surface area contributed by atoms with E-state index >= 15 is 0 Å². The van der Waals surface area contributed by atoms with Crippen molar-refractivity contribution in [3.8, 4) is 0 Å². The number of rotatable bonds is 3. The predicted molar refractivity (Wildman–Crippen MR) is 23.9 cm³/mol. The lowest BCUT2D eigenvalue weighted by atomic mass is 10.7. The van der Waals surface area contributed by atoms with Crippen LogP contribution in [0.4, 0.5) is 17.6 Å². The lowest BCUT2D eigenvalue weighted by Gasteiger charge is -2.08. The second-order valence-corrected chi connectivity index (χ2v) is 1.40. The fraction of sp³-hybridized carbons (Fsp3) is 1.00. The van der Waals surface area contributed by atoms with E-state index in [4.69, 9.17) is 0 Å². The molecule has 0 saturated carbocycles. The van der Waals surface area contributed by atoms with Gasteiger partial charge in [0.25, 0.3) is 0 Å². The van der Waals surface area contributed by atoms with Crippen molar-refractivity contribution in [2.75, 3.05) is 13.7 Å². The lowest BCUT2D eigenvalue weighted by Crippen LogP contribution is -2.21. The average Bonchev–Trinajstić information content (AvgIpc) is 1.81. The van der Waals surface area contributed by atoms with E-state index in [1.165, 1.54) is 0 Å². The standard InChI is InChI=1S/C4H6F4O2/c1-9-3(5)2-10-4(6,7)8/h3H,2H2,1H3. The second-order valence-electron chi connectivity index (χ2n) is 1.40. The molecule has 2 nitrogen and oxygen atoms in total. The summed E-state index contributed by atoms with van der Waals surface area (Å²) in [5, 5.41) is 0. The fourth-order valence-corrected chi connectivity index (χ4v) is 0.228. The van der Waals surface area contributed by atoms with Gasteiger partial charge in [-0.05, 0) is 0 Å². The van der Waals surface area contributed by atoms with Gasteiger partial charge in [0, 0.05) is 7.11 Å². The van der Waals surface area contributed by atoms with E-state index in [-0.39, 0.29) is 0 Å². The van der Waals surface area contributed by atoms with E-state index < -0.39 is 19.3 Å². The van der Waals surface area contributed by atoms with Crippen molar-refractivity contribution in [1.29, 1.82) is 0 Å². The molecule has 0 aliphatic carbocycles. The number of alkyl halides is 4. The number of ether oxygens (including phenoxy) is 2. The summed E-state index contributed by atoms with van der Waals surface area (Å²) < 4.78 is 52.1. The molecule has 62 valence electrons. The molecule has 1 unspecified atom stereocenters. The van der Waals surface area contributed by atoms with Gasteiger partial charge in [0.1, 0.15) is 6.61 Å². The highest BCUT2D eigenvalue weighted by molar-refractivity contribution is 4.36. The van der Waals surface area contributed by atoms with Crippen molar-refractivity contribution >= 4 is 0 Å². The molecule has 0 aromatic carbocycles. The molecule has 1 atom stereocenters. The predicted octanol–water partition coefficient (Wildman–Crippen LogP) is 1.46. The van der Waals surface area contributed by atoms with Crippen LogP contribution < -0.4 is 0 Å². The number of hydrogen-bond donors (Lipinski definition) is 0. The van der Waals surface area contributed by atoms with Crippen molar-refractivity contribution < 1.29 is 27.0 Å². The fourth-order valence-electron chi connectivity index (χ4n) is 0.228. The van der Waals surface area contributed by atoms with Crippen molar-refractivity contribution in [3.05, 3.63) is 0 Å². The molecule has 0 aliphatic rings. The minimum atomic E-state index is -4.79. The van der Waals surface area contributed by atoms with E-state index in [0.29, 0.717) is 0 Å². The minimum absolute atomic E-state index is 0.949. The van der Waals surface area contributed by atoms with Crippen molar-refractivity contribution in [2.45, 2.75) is 12.7 Å². The smallest absolute Gasteiger partial charge is 0.350 e. The van der Waals surface area contributed by atoms with Gasteiger partial charge in [-0.3, -0.25) is 4.74 Å². The van der Waals surface area contributed by atoms with E-state index in [1.54, 1.807) is 0 Å². The van der Waals surface area contributed by atoms with Crippen LogP contribution in [0.25, 0.3) is 0 Å². The molecular weight excluding hydrogens is 156 g/mol. The van der Waals surface area contributed by atoms with Gasteiger partial charge in [-0.15, -0.1) is 13.2 Å². The highest BCUT2D eigenvalue weighted by Gasteiger charge is 2.30. The topological polar surface area (TPSA) is 18.5 Å². The molecule has 0 rings (SSSR count). The van der Waals surface area contributed by atoms with Crippen molar-refractivity contribution in [2.24, 2.45) is 0 Å². The van der Waals surface area contributed by atoms with E-state index in [0.717, 1.165) is 7.11 Å². The maximum Gasteiger partial charge on any atom is 0.522 e. The molecule has 0 N–H and O–H groups in total. The average molecular weight is 162 g/mol. The molecular formula is C4H6F4O2. The molecule has 0 amide bonds. The van der Waals surface area contributed by atoms with Gasteiger partial charge in [0.2, 0.25) is 6.36 Å². The van der Waals surface area contributed by atoms with Gasteiger partial charge >= 0.3 is 6.36 Å². The highest BCUT2D eigenvalue weighted by atomic mass is 19.4. The van der Waals surface area contributed by atoms with Gasteiger partial charge in [-0.2, -0.15) is 0 Å².